The quantitative estimate of drug-likeness (QED) is 0.569. The molecule has 0 atom stereocenters. The van der Waals surface area contributed by atoms with Crippen LogP contribution in [0.3, 0.4) is 0 Å². The largest absolute Gasteiger partial charge is 0.359 e. The van der Waals surface area contributed by atoms with Crippen LogP contribution < -0.4 is 10.6 Å². The van der Waals surface area contributed by atoms with Crippen molar-refractivity contribution in [3.63, 3.8) is 0 Å². The molecular formula is C7H14N2O. The van der Waals surface area contributed by atoms with E-state index in [1.54, 1.807) is 7.05 Å². The summed E-state index contributed by atoms with van der Waals surface area (Å²) in [7, 11) is 3.57. The van der Waals surface area contributed by atoms with Crippen molar-refractivity contribution in [3.05, 3.63) is 0 Å². The average molecular weight is 142 g/mol. The molecule has 0 spiro atoms. The number of hydrogen-bond donors (Lipinski definition) is 2. The minimum Gasteiger partial charge on any atom is -0.359 e. The van der Waals surface area contributed by atoms with E-state index in [0.717, 1.165) is 19.4 Å². The first-order chi connectivity index (χ1) is 4.75. The third kappa shape index (κ3) is 1.14. The summed E-state index contributed by atoms with van der Waals surface area (Å²) in [5.41, 5.74) is -0.0521. The van der Waals surface area contributed by atoms with Crippen LogP contribution in [-0.4, -0.2) is 26.5 Å². The van der Waals surface area contributed by atoms with Crippen molar-refractivity contribution < 1.29 is 4.79 Å². The molecule has 0 bridgehead atoms. The molecule has 1 saturated carbocycles. The Bertz CT molecular complexity index is 141. The zero-order valence-corrected chi connectivity index (χ0v) is 6.53. The van der Waals surface area contributed by atoms with Crippen molar-refractivity contribution in [2.45, 2.75) is 12.8 Å². The second-order valence-electron chi connectivity index (χ2n) is 2.89. The lowest BCUT2D eigenvalue weighted by Gasteiger charge is -2.11. The summed E-state index contributed by atoms with van der Waals surface area (Å²) in [5, 5.41) is 5.70. The van der Waals surface area contributed by atoms with E-state index >= 15 is 0 Å². The number of hydrogen-bond acceptors (Lipinski definition) is 2. The molecule has 0 heterocycles. The molecule has 1 amide bonds. The van der Waals surface area contributed by atoms with Gasteiger partial charge < -0.3 is 10.6 Å². The lowest BCUT2D eigenvalue weighted by molar-refractivity contribution is -0.125. The SMILES string of the molecule is CNCC1(C(=O)NC)CC1. The molecule has 0 radical (unpaired) electrons. The topological polar surface area (TPSA) is 41.1 Å². The molecule has 58 valence electrons. The number of carbonyl (C=O) groups excluding carboxylic acids is 1. The molecule has 0 saturated heterocycles. The smallest absolute Gasteiger partial charge is 0.227 e. The summed E-state index contributed by atoms with van der Waals surface area (Å²) in [6, 6.07) is 0. The van der Waals surface area contributed by atoms with Gasteiger partial charge in [0.2, 0.25) is 5.91 Å². The Hall–Kier alpha value is -0.570. The molecule has 1 aliphatic rings. The van der Waals surface area contributed by atoms with Crippen molar-refractivity contribution >= 4 is 5.91 Å². The summed E-state index contributed by atoms with van der Waals surface area (Å²) in [6.45, 7) is 0.812. The third-order valence-electron chi connectivity index (χ3n) is 2.08. The lowest BCUT2D eigenvalue weighted by Crippen LogP contribution is -2.35. The van der Waals surface area contributed by atoms with E-state index in [1.807, 2.05) is 7.05 Å². The monoisotopic (exact) mass is 142 g/mol. The van der Waals surface area contributed by atoms with Crippen LogP contribution in [0.5, 0.6) is 0 Å². The maximum Gasteiger partial charge on any atom is 0.227 e. The van der Waals surface area contributed by atoms with Gasteiger partial charge in [0, 0.05) is 13.6 Å². The molecule has 10 heavy (non-hydrogen) atoms. The Labute approximate surface area is 61.2 Å². The molecule has 0 aliphatic heterocycles. The highest BCUT2D eigenvalue weighted by atomic mass is 16.2. The number of amides is 1. The Morgan fingerprint density at radius 1 is 1.50 bits per heavy atom. The van der Waals surface area contributed by atoms with Crippen LogP contribution >= 0.6 is 0 Å². The minimum absolute atomic E-state index is 0.0521. The van der Waals surface area contributed by atoms with Gasteiger partial charge in [-0.05, 0) is 19.9 Å². The normalized spacial score (nSPS) is 20.2. The van der Waals surface area contributed by atoms with Gasteiger partial charge >= 0.3 is 0 Å². The standard InChI is InChI=1S/C7H14N2O/c1-8-5-7(3-4-7)6(10)9-2/h8H,3-5H2,1-2H3,(H,9,10). The van der Waals surface area contributed by atoms with Crippen molar-refractivity contribution in [2.75, 3.05) is 20.6 Å². The highest BCUT2D eigenvalue weighted by Crippen LogP contribution is 2.44. The Balaban J connectivity index is 2.43. The minimum atomic E-state index is -0.0521. The predicted octanol–water partition coefficient (Wildman–Crippen LogP) is -0.268. The fraction of sp³-hybridized carbons (Fsp3) is 0.857. The van der Waals surface area contributed by atoms with Crippen LogP contribution in [0.2, 0.25) is 0 Å². The van der Waals surface area contributed by atoms with Gasteiger partial charge in [0.05, 0.1) is 5.41 Å². The summed E-state index contributed by atoms with van der Waals surface area (Å²) < 4.78 is 0. The first kappa shape index (κ1) is 7.54. The number of rotatable bonds is 3. The highest BCUT2D eigenvalue weighted by molar-refractivity contribution is 5.85. The third-order valence-corrected chi connectivity index (χ3v) is 2.08. The zero-order chi connectivity index (χ0) is 7.61. The van der Waals surface area contributed by atoms with Crippen molar-refractivity contribution in [1.82, 2.24) is 10.6 Å². The van der Waals surface area contributed by atoms with Gasteiger partial charge in [-0.2, -0.15) is 0 Å². The van der Waals surface area contributed by atoms with Gasteiger partial charge in [0.25, 0.3) is 0 Å². The van der Waals surface area contributed by atoms with Gasteiger partial charge in [-0.1, -0.05) is 0 Å². The Kier molecular flexibility index (Phi) is 1.94. The van der Waals surface area contributed by atoms with Gasteiger partial charge in [-0.3, -0.25) is 4.79 Å². The summed E-state index contributed by atoms with van der Waals surface area (Å²) in [5.74, 6) is 0.182. The zero-order valence-electron chi connectivity index (χ0n) is 6.53. The summed E-state index contributed by atoms with van der Waals surface area (Å²) >= 11 is 0. The molecule has 2 N–H and O–H groups in total. The Morgan fingerprint density at radius 2 is 2.10 bits per heavy atom. The first-order valence-electron chi connectivity index (χ1n) is 3.62. The predicted molar refractivity (Wildman–Crippen MR) is 39.7 cm³/mol. The van der Waals surface area contributed by atoms with Crippen molar-refractivity contribution in [3.8, 4) is 0 Å². The fourth-order valence-electron chi connectivity index (χ4n) is 1.24. The molecule has 0 unspecified atom stereocenters. The second kappa shape index (κ2) is 2.58. The van der Waals surface area contributed by atoms with E-state index in [4.69, 9.17) is 0 Å². The van der Waals surface area contributed by atoms with E-state index in [0.29, 0.717) is 0 Å². The van der Waals surface area contributed by atoms with Crippen LogP contribution in [0.25, 0.3) is 0 Å². The van der Waals surface area contributed by atoms with E-state index in [2.05, 4.69) is 10.6 Å². The lowest BCUT2D eigenvalue weighted by atomic mass is 10.1. The van der Waals surface area contributed by atoms with E-state index < -0.39 is 0 Å². The van der Waals surface area contributed by atoms with Crippen molar-refractivity contribution in [2.24, 2.45) is 5.41 Å². The van der Waals surface area contributed by atoms with E-state index in [-0.39, 0.29) is 11.3 Å². The van der Waals surface area contributed by atoms with Gasteiger partial charge in [-0.25, -0.2) is 0 Å². The molecule has 0 aromatic rings. The average Bonchev–Trinajstić information content (AvgIpc) is 2.69. The molecule has 1 fully saturated rings. The Morgan fingerprint density at radius 3 is 2.40 bits per heavy atom. The van der Waals surface area contributed by atoms with Crippen molar-refractivity contribution in [1.29, 1.82) is 0 Å². The maximum atomic E-state index is 11.1. The highest BCUT2D eigenvalue weighted by Gasteiger charge is 2.48. The molecular weight excluding hydrogens is 128 g/mol. The van der Waals surface area contributed by atoms with Crippen LogP contribution in [0.15, 0.2) is 0 Å². The van der Waals surface area contributed by atoms with Gasteiger partial charge in [0.1, 0.15) is 0 Å². The van der Waals surface area contributed by atoms with Crippen LogP contribution in [-0.2, 0) is 4.79 Å². The van der Waals surface area contributed by atoms with Crippen LogP contribution in [0.4, 0.5) is 0 Å². The molecule has 1 rings (SSSR count). The van der Waals surface area contributed by atoms with Gasteiger partial charge in [0.15, 0.2) is 0 Å². The van der Waals surface area contributed by atoms with Crippen LogP contribution in [0, 0.1) is 5.41 Å². The molecule has 1 aliphatic carbocycles. The maximum absolute atomic E-state index is 11.1. The molecule has 0 aromatic heterocycles. The fourth-order valence-corrected chi connectivity index (χ4v) is 1.24. The van der Waals surface area contributed by atoms with Crippen LogP contribution in [0.1, 0.15) is 12.8 Å². The van der Waals surface area contributed by atoms with Gasteiger partial charge in [-0.15, -0.1) is 0 Å². The first-order valence-corrected chi connectivity index (χ1v) is 3.62. The molecule has 0 aromatic carbocycles. The molecule has 3 heteroatoms. The summed E-state index contributed by atoms with van der Waals surface area (Å²) in [6.07, 6.45) is 2.07. The number of carbonyl (C=O) groups is 1. The van der Waals surface area contributed by atoms with E-state index in [9.17, 15) is 4.79 Å². The number of nitrogens with one attached hydrogen (secondary N) is 2. The molecule has 3 nitrogen and oxygen atoms in total. The summed E-state index contributed by atoms with van der Waals surface area (Å²) in [4.78, 5) is 11.1. The second-order valence-corrected chi connectivity index (χ2v) is 2.89. The van der Waals surface area contributed by atoms with E-state index in [1.165, 1.54) is 0 Å².